The number of halogens is 1. The predicted octanol–water partition coefficient (Wildman–Crippen LogP) is 3.73. The number of fused-ring (bicyclic) bond motifs is 1. The fourth-order valence-corrected chi connectivity index (χ4v) is 2.49. The summed E-state index contributed by atoms with van der Waals surface area (Å²) in [7, 11) is 0. The molecule has 108 valence electrons. The second kappa shape index (κ2) is 5.70. The Morgan fingerprint density at radius 3 is 2.48 bits per heavy atom. The van der Waals surface area contributed by atoms with Crippen LogP contribution in [0.4, 0.5) is 0 Å². The lowest BCUT2D eigenvalue weighted by molar-refractivity contribution is 0.886. The number of hydrogen-bond acceptors (Lipinski definition) is 2. The van der Waals surface area contributed by atoms with Crippen molar-refractivity contribution in [3.63, 3.8) is 0 Å². The van der Waals surface area contributed by atoms with Crippen LogP contribution in [0.1, 0.15) is 17.0 Å². The van der Waals surface area contributed by atoms with Gasteiger partial charge in [0.2, 0.25) is 0 Å². The van der Waals surface area contributed by atoms with Crippen molar-refractivity contribution in [2.45, 2.75) is 20.8 Å². The van der Waals surface area contributed by atoms with Gasteiger partial charge < -0.3 is 0 Å². The summed E-state index contributed by atoms with van der Waals surface area (Å²) >= 11 is 0. The van der Waals surface area contributed by atoms with Crippen LogP contribution >= 0.6 is 12.4 Å². The van der Waals surface area contributed by atoms with E-state index in [2.05, 4.69) is 4.98 Å². The van der Waals surface area contributed by atoms with E-state index in [0.29, 0.717) is 11.2 Å². The molecule has 0 saturated carbocycles. The van der Waals surface area contributed by atoms with Crippen LogP contribution in [0, 0.1) is 20.8 Å². The third-order valence-corrected chi connectivity index (χ3v) is 3.55. The molecule has 1 aromatic heterocycles. The maximum Gasteiger partial charge on any atom is 0.265 e. The molecular weight excluding hydrogens is 284 g/mol. The molecule has 0 saturated heterocycles. The van der Waals surface area contributed by atoms with Gasteiger partial charge in [-0.15, -0.1) is 12.4 Å². The summed E-state index contributed by atoms with van der Waals surface area (Å²) in [4.78, 5) is 17.3. The van der Waals surface area contributed by atoms with E-state index in [0.717, 1.165) is 22.3 Å². The monoisotopic (exact) mass is 300 g/mol. The molecule has 0 aliphatic rings. The van der Waals surface area contributed by atoms with Crippen LogP contribution in [0.25, 0.3) is 16.6 Å². The summed E-state index contributed by atoms with van der Waals surface area (Å²) in [6, 6.07) is 13.6. The molecule has 0 atom stereocenters. The van der Waals surface area contributed by atoms with E-state index in [1.54, 1.807) is 4.57 Å². The highest BCUT2D eigenvalue weighted by molar-refractivity contribution is 5.85. The molecule has 0 bridgehead atoms. The van der Waals surface area contributed by atoms with Crippen molar-refractivity contribution in [2.75, 3.05) is 0 Å². The first-order valence-corrected chi connectivity index (χ1v) is 6.64. The largest absolute Gasteiger partial charge is 0.268 e. The molecule has 1 heterocycles. The van der Waals surface area contributed by atoms with Crippen molar-refractivity contribution in [1.29, 1.82) is 0 Å². The Labute approximate surface area is 129 Å². The molecule has 0 spiro atoms. The van der Waals surface area contributed by atoms with Gasteiger partial charge in [-0.25, -0.2) is 4.98 Å². The van der Waals surface area contributed by atoms with E-state index in [1.165, 1.54) is 0 Å². The molecule has 0 aliphatic carbocycles. The van der Waals surface area contributed by atoms with Crippen LogP contribution < -0.4 is 5.56 Å². The van der Waals surface area contributed by atoms with Gasteiger partial charge in [0.05, 0.1) is 16.6 Å². The molecule has 21 heavy (non-hydrogen) atoms. The number of aryl methyl sites for hydroxylation is 3. The van der Waals surface area contributed by atoms with E-state index >= 15 is 0 Å². The van der Waals surface area contributed by atoms with Gasteiger partial charge in [0.1, 0.15) is 5.82 Å². The van der Waals surface area contributed by atoms with Crippen LogP contribution in [0.5, 0.6) is 0 Å². The lowest BCUT2D eigenvalue weighted by Crippen LogP contribution is -2.23. The Balaban J connectivity index is 0.00000161. The fourth-order valence-electron chi connectivity index (χ4n) is 2.49. The molecule has 4 heteroatoms. The number of nitrogens with zero attached hydrogens (tertiary/aromatic N) is 2. The maximum atomic E-state index is 12.7. The zero-order valence-corrected chi connectivity index (χ0v) is 13.1. The smallest absolute Gasteiger partial charge is 0.265 e. The lowest BCUT2D eigenvalue weighted by atomic mass is 10.1. The van der Waals surface area contributed by atoms with Gasteiger partial charge in [0.15, 0.2) is 0 Å². The van der Waals surface area contributed by atoms with Gasteiger partial charge >= 0.3 is 0 Å². The van der Waals surface area contributed by atoms with Gasteiger partial charge in [-0.1, -0.05) is 24.3 Å². The van der Waals surface area contributed by atoms with E-state index < -0.39 is 0 Å². The molecule has 0 N–H and O–H groups in total. The van der Waals surface area contributed by atoms with Gasteiger partial charge in [0, 0.05) is 0 Å². The van der Waals surface area contributed by atoms with E-state index in [-0.39, 0.29) is 18.0 Å². The molecule has 3 aromatic rings. The van der Waals surface area contributed by atoms with Crippen molar-refractivity contribution in [3.05, 3.63) is 69.8 Å². The summed E-state index contributed by atoms with van der Waals surface area (Å²) in [6.07, 6.45) is 0. The first-order chi connectivity index (χ1) is 9.58. The molecular formula is C17H17ClN2O. The zero-order chi connectivity index (χ0) is 14.3. The lowest BCUT2D eigenvalue weighted by Gasteiger charge is -2.13. The molecule has 0 radical (unpaired) electrons. The van der Waals surface area contributed by atoms with Gasteiger partial charge in [-0.05, 0) is 50.1 Å². The minimum Gasteiger partial charge on any atom is -0.268 e. The topological polar surface area (TPSA) is 34.9 Å². The third kappa shape index (κ3) is 2.57. The van der Waals surface area contributed by atoms with Gasteiger partial charge in [-0.3, -0.25) is 9.36 Å². The first kappa shape index (κ1) is 15.3. The van der Waals surface area contributed by atoms with Crippen LogP contribution in [0.15, 0.2) is 47.3 Å². The molecule has 2 aromatic carbocycles. The molecule has 0 amide bonds. The van der Waals surface area contributed by atoms with Crippen LogP contribution in [0.3, 0.4) is 0 Å². The van der Waals surface area contributed by atoms with E-state index in [4.69, 9.17) is 0 Å². The van der Waals surface area contributed by atoms with Crippen LogP contribution in [-0.4, -0.2) is 9.55 Å². The van der Waals surface area contributed by atoms with Crippen molar-refractivity contribution < 1.29 is 0 Å². The van der Waals surface area contributed by atoms with Gasteiger partial charge in [0.25, 0.3) is 5.56 Å². The Kier molecular flexibility index (Phi) is 4.14. The minimum absolute atomic E-state index is 0. The quantitative estimate of drug-likeness (QED) is 0.686. The Morgan fingerprint density at radius 2 is 1.71 bits per heavy atom. The average Bonchev–Trinajstić information content (AvgIpc) is 2.42. The maximum absolute atomic E-state index is 12.7. The Morgan fingerprint density at radius 1 is 1.00 bits per heavy atom. The SMILES string of the molecule is Cc1ccc(C)c(-n2c(C)nc3ccccc3c2=O)c1.Cl. The third-order valence-electron chi connectivity index (χ3n) is 3.55. The normalized spacial score (nSPS) is 10.4. The van der Waals surface area contributed by atoms with E-state index in [1.807, 2.05) is 63.2 Å². The van der Waals surface area contributed by atoms with E-state index in [9.17, 15) is 4.79 Å². The first-order valence-electron chi connectivity index (χ1n) is 6.64. The second-order valence-electron chi connectivity index (χ2n) is 5.11. The summed E-state index contributed by atoms with van der Waals surface area (Å²) < 4.78 is 1.70. The number of aromatic nitrogens is 2. The Bertz CT molecular complexity index is 868. The summed E-state index contributed by atoms with van der Waals surface area (Å²) in [5, 5.41) is 0.652. The number of benzene rings is 2. The highest BCUT2D eigenvalue weighted by atomic mass is 35.5. The van der Waals surface area contributed by atoms with Crippen molar-refractivity contribution in [1.82, 2.24) is 9.55 Å². The number of hydrogen-bond donors (Lipinski definition) is 0. The van der Waals surface area contributed by atoms with Crippen molar-refractivity contribution >= 4 is 23.3 Å². The van der Waals surface area contributed by atoms with Gasteiger partial charge in [-0.2, -0.15) is 0 Å². The summed E-state index contributed by atoms with van der Waals surface area (Å²) in [5.74, 6) is 0.711. The highest BCUT2D eigenvalue weighted by Crippen LogP contribution is 2.17. The molecule has 3 nitrogen and oxygen atoms in total. The average molecular weight is 301 g/mol. The standard InChI is InChI=1S/C17H16N2O.ClH/c1-11-8-9-12(2)16(10-11)19-13(3)18-15-7-5-4-6-14(15)17(19)20;/h4-10H,1-3H3;1H. The summed E-state index contributed by atoms with van der Waals surface area (Å²) in [5.41, 5.74) is 3.84. The fraction of sp³-hybridized carbons (Fsp3) is 0.176. The Hall–Kier alpha value is -2.13. The number of para-hydroxylation sites is 1. The zero-order valence-electron chi connectivity index (χ0n) is 12.3. The molecule has 0 fully saturated rings. The molecule has 3 rings (SSSR count). The highest BCUT2D eigenvalue weighted by Gasteiger charge is 2.11. The second-order valence-corrected chi connectivity index (χ2v) is 5.11. The van der Waals surface area contributed by atoms with Crippen molar-refractivity contribution in [2.24, 2.45) is 0 Å². The minimum atomic E-state index is -0.0122. The molecule has 0 unspecified atom stereocenters. The summed E-state index contributed by atoms with van der Waals surface area (Å²) in [6.45, 7) is 5.91. The van der Waals surface area contributed by atoms with Crippen LogP contribution in [0.2, 0.25) is 0 Å². The number of rotatable bonds is 1. The molecule has 0 aliphatic heterocycles. The van der Waals surface area contributed by atoms with Crippen molar-refractivity contribution in [3.8, 4) is 5.69 Å². The van der Waals surface area contributed by atoms with Crippen LogP contribution in [-0.2, 0) is 0 Å². The predicted molar refractivity (Wildman–Crippen MR) is 88.8 cm³/mol.